The molecule has 0 radical (unpaired) electrons. The first-order valence-corrected chi connectivity index (χ1v) is 11.0. The van der Waals surface area contributed by atoms with Crippen LogP contribution in [0.3, 0.4) is 0 Å². The molecule has 1 N–H and O–H groups in total. The molecule has 0 unspecified atom stereocenters. The first-order valence-electron chi connectivity index (χ1n) is 11.0. The number of imidazole rings is 1. The average molecular weight is 438 g/mol. The lowest BCUT2D eigenvalue weighted by molar-refractivity contribution is -0.122. The van der Waals surface area contributed by atoms with Gasteiger partial charge < -0.3 is 19.2 Å². The molecule has 1 aromatic carbocycles. The number of aromatic nitrogens is 2. The number of fused-ring (bicyclic) bond motifs is 1. The Labute approximate surface area is 188 Å². The van der Waals surface area contributed by atoms with E-state index in [1.807, 2.05) is 48.7 Å². The van der Waals surface area contributed by atoms with Gasteiger partial charge in [0.15, 0.2) is 0 Å². The number of rotatable bonds is 10. The van der Waals surface area contributed by atoms with E-state index >= 15 is 0 Å². The number of nitrogens with zero attached hydrogens (tertiary/aromatic N) is 4. The van der Waals surface area contributed by atoms with Gasteiger partial charge in [-0.25, -0.2) is 4.98 Å². The number of nitrogens with one attached hydrogen (secondary N) is 1. The molecule has 3 heterocycles. The summed E-state index contributed by atoms with van der Waals surface area (Å²) in [6.45, 7) is 6.44. The van der Waals surface area contributed by atoms with Gasteiger partial charge in [-0.15, -0.1) is 0 Å². The van der Waals surface area contributed by atoms with Crippen molar-refractivity contribution in [1.82, 2.24) is 24.5 Å². The molecule has 170 valence electrons. The smallest absolute Gasteiger partial charge is 0.234 e. The Morgan fingerprint density at radius 1 is 1.06 bits per heavy atom. The Kier molecular flexibility index (Phi) is 7.71. The minimum Gasteiger partial charge on any atom is -0.491 e. The van der Waals surface area contributed by atoms with Crippen LogP contribution in [0.2, 0.25) is 0 Å². The third kappa shape index (κ3) is 6.29. The minimum atomic E-state index is 0.0458. The predicted octanol–water partition coefficient (Wildman–Crippen LogP) is 1.79. The van der Waals surface area contributed by atoms with E-state index in [0.29, 0.717) is 26.3 Å². The fourth-order valence-corrected chi connectivity index (χ4v) is 3.85. The van der Waals surface area contributed by atoms with E-state index in [1.54, 1.807) is 7.11 Å². The lowest BCUT2D eigenvalue weighted by Gasteiger charge is -2.33. The van der Waals surface area contributed by atoms with Gasteiger partial charge in [0.1, 0.15) is 18.0 Å². The Bertz CT molecular complexity index is 981. The van der Waals surface area contributed by atoms with Crippen molar-refractivity contribution in [2.75, 3.05) is 53.0 Å². The second-order valence-electron chi connectivity index (χ2n) is 8.02. The topological polar surface area (TPSA) is 71.3 Å². The number of amides is 1. The maximum atomic E-state index is 12.4. The summed E-state index contributed by atoms with van der Waals surface area (Å²) in [6, 6.07) is 13.8. The van der Waals surface area contributed by atoms with Crippen LogP contribution in [-0.4, -0.2) is 78.1 Å². The van der Waals surface area contributed by atoms with Crippen molar-refractivity contribution in [3.05, 3.63) is 66.1 Å². The molecule has 1 saturated heterocycles. The normalized spacial score (nSPS) is 15.2. The van der Waals surface area contributed by atoms with E-state index in [9.17, 15) is 4.79 Å². The van der Waals surface area contributed by atoms with Crippen LogP contribution < -0.4 is 10.1 Å². The molecule has 1 fully saturated rings. The van der Waals surface area contributed by atoms with E-state index in [2.05, 4.69) is 30.7 Å². The highest BCUT2D eigenvalue weighted by molar-refractivity contribution is 5.78. The number of carbonyl (C=O) groups is 1. The van der Waals surface area contributed by atoms with Gasteiger partial charge in [0.2, 0.25) is 5.91 Å². The lowest BCUT2D eigenvalue weighted by atomic mass is 10.2. The molecule has 0 atom stereocenters. The Morgan fingerprint density at radius 3 is 2.72 bits per heavy atom. The fourth-order valence-electron chi connectivity index (χ4n) is 3.85. The van der Waals surface area contributed by atoms with Crippen molar-refractivity contribution in [2.45, 2.75) is 13.1 Å². The summed E-state index contributed by atoms with van der Waals surface area (Å²) in [5.74, 6) is 0.833. The van der Waals surface area contributed by atoms with E-state index in [0.717, 1.165) is 55.4 Å². The first kappa shape index (κ1) is 22.3. The lowest BCUT2D eigenvalue weighted by Crippen LogP contribution is -2.49. The second kappa shape index (κ2) is 11.1. The number of methoxy groups -OCH3 is 1. The number of carbonyl (C=O) groups excluding carboxylic acids is 1. The largest absolute Gasteiger partial charge is 0.491 e. The summed E-state index contributed by atoms with van der Waals surface area (Å²) >= 11 is 0. The second-order valence-corrected chi connectivity index (χ2v) is 8.02. The number of pyridine rings is 1. The molecule has 8 nitrogen and oxygen atoms in total. The van der Waals surface area contributed by atoms with Crippen molar-refractivity contribution in [1.29, 1.82) is 0 Å². The van der Waals surface area contributed by atoms with Gasteiger partial charge in [-0.1, -0.05) is 18.2 Å². The molecule has 8 heteroatoms. The van der Waals surface area contributed by atoms with Crippen LogP contribution in [0.4, 0.5) is 0 Å². The molecule has 3 aromatic rings. The molecule has 4 rings (SSSR count). The van der Waals surface area contributed by atoms with Gasteiger partial charge in [0.05, 0.1) is 18.8 Å². The van der Waals surface area contributed by atoms with Crippen LogP contribution in [-0.2, 0) is 22.6 Å². The molecule has 32 heavy (non-hydrogen) atoms. The first-order chi connectivity index (χ1) is 15.7. The van der Waals surface area contributed by atoms with Crippen LogP contribution in [0, 0.1) is 0 Å². The van der Waals surface area contributed by atoms with Crippen LogP contribution in [0.1, 0.15) is 11.3 Å². The van der Waals surface area contributed by atoms with Crippen LogP contribution in [0.5, 0.6) is 5.75 Å². The molecular weight excluding hydrogens is 406 g/mol. The molecule has 0 spiro atoms. The van der Waals surface area contributed by atoms with Crippen molar-refractivity contribution < 1.29 is 14.3 Å². The number of benzene rings is 1. The average Bonchev–Trinajstić information content (AvgIpc) is 3.22. The molecule has 1 aliphatic rings. The third-order valence-electron chi connectivity index (χ3n) is 5.58. The zero-order valence-electron chi connectivity index (χ0n) is 18.6. The van der Waals surface area contributed by atoms with Gasteiger partial charge in [-0.2, -0.15) is 0 Å². The minimum absolute atomic E-state index is 0.0458. The molecular formula is C24H31N5O3. The predicted molar refractivity (Wildman–Crippen MR) is 123 cm³/mol. The standard InChI is InChI=1S/C24H31N5O3/c1-31-13-14-32-22-6-4-5-20(15-22)16-25-24(30)19-28-11-9-27(10-12-28)17-21-18-29-8-3-2-7-23(29)26-21/h2-8,15,18H,9-14,16-17,19H2,1H3,(H,25,30). The highest BCUT2D eigenvalue weighted by atomic mass is 16.5. The highest BCUT2D eigenvalue weighted by Gasteiger charge is 2.19. The van der Waals surface area contributed by atoms with E-state index in [1.165, 1.54) is 0 Å². The van der Waals surface area contributed by atoms with Gasteiger partial charge in [0.25, 0.3) is 0 Å². The monoisotopic (exact) mass is 437 g/mol. The molecule has 1 aliphatic heterocycles. The van der Waals surface area contributed by atoms with Gasteiger partial charge in [0, 0.05) is 58.8 Å². The van der Waals surface area contributed by atoms with Crippen molar-refractivity contribution in [2.24, 2.45) is 0 Å². The molecule has 0 saturated carbocycles. The SMILES string of the molecule is COCCOc1cccc(CNC(=O)CN2CCN(Cc3cn4ccccc4n3)CC2)c1. The summed E-state index contributed by atoms with van der Waals surface area (Å²) in [6.07, 6.45) is 4.11. The third-order valence-corrected chi connectivity index (χ3v) is 5.58. The molecule has 0 aliphatic carbocycles. The number of hydrogen-bond acceptors (Lipinski definition) is 6. The Balaban J connectivity index is 1.17. The number of piperazine rings is 1. The Morgan fingerprint density at radius 2 is 1.91 bits per heavy atom. The van der Waals surface area contributed by atoms with E-state index in [-0.39, 0.29) is 5.91 Å². The summed E-state index contributed by atoms with van der Waals surface area (Å²) in [5, 5.41) is 3.02. The van der Waals surface area contributed by atoms with E-state index in [4.69, 9.17) is 9.47 Å². The van der Waals surface area contributed by atoms with Crippen LogP contribution in [0.25, 0.3) is 5.65 Å². The van der Waals surface area contributed by atoms with Crippen molar-refractivity contribution in [3.8, 4) is 5.75 Å². The quantitative estimate of drug-likeness (QED) is 0.488. The van der Waals surface area contributed by atoms with E-state index < -0.39 is 0 Å². The Hall–Kier alpha value is -2.94. The summed E-state index contributed by atoms with van der Waals surface area (Å²) in [5.41, 5.74) is 3.08. The number of ether oxygens (including phenoxy) is 2. The summed E-state index contributed by atoms with van der Waals surface area (Å²) < 4.78 is 12.7. The highest BCUT2D eigenvalue weighted by Crippen LogP contribution is 2.13. The maximum absolute atomic E-state index is 12.4. The van der Waals surface area contributed by atoms with Crippen LogP contribution in [0.15, 0.2) is 54.9 Å². The zero-order valence-corrected chi connectivity index (χ0v) is 18.6. The summed E-state index contributed by atoms with van der Waals surface area (Å²) in [7, 11) is 1.65. The van der Waals surface area contributed by atoms with Gasteiger partial charge in [-0.3, -0.25) is 14.6 Å². The maximum Gasteiger partial charge on any atom is 0.234 e. The summed E-state index contributed by atoms with van der Waals surface area (Å²) in [4.78, 5) is 21.7. The van der Waals surface area contributed by atoms with Gasteiger partial charge in [-0.05, 0) is 29.8 Å². The fraction of sp³-hybridized carbons (Fsp3) is 0.417. The zero-order chi connectivity index (χ0) is 22.2. The van der Waals surface area contributed by atoms with Crippen LogP contribution >= 0.6 is 0 Å². The molecule has 1 amide bonds. The molecule has 0 bridgehead atoms. The van der Waals surface area contributed by atoms with Crippen molar-refractivity contribution in [3.63, 3.8) is 0 Å². The number of hydrogen-bond donors (Lipinski definition) is 1. The van der Waals surface area contributed by atoms with Crippen molar-refractivity contribution >= 4 is 11.6 Å². The molecule has 2 aromatic heterocycles. The van der Waals surface area contributed by atoms with Gasteiger partial charge >= 0.3 is 0 Å².